The second kappa shape index (κ2) is 9.58. The van der Waals surface area contributed by atoms with Gasteiger partial charge in [-0.05, 0) is 78.1 Å². The number of aromatic hydroxyl groups is 1. The first-order valence-corrected chi connectivity index (χ1v) is 9.70. The number of ether oxygens (including phenoxy) is 1. The highest BCUT2D eigenvalue weighted by Crippen LogP contribution is 2.32. The van der Waals surface area contributed by atoms with Crippen LogP contribution in [0.4, 0.5) is 4.79 Å². The maximum absolute atomic E-state index is 12.1. The number of aliphatic carboxylic acids is 1. The van der Waals surface area contributed by atoms with Crippen molar-refractivity contribution in [2.75, 3.05) is 6.54 Å². The number of phenols is 1. The smallest absolute Gasteiger partial charge is 0.408 e. The van der Waals surface area contributed by atoms with Crippen LogP contribution in [0.5, 0.6) is 5.75 Å². The SMILES string of the molecule is CC(C)(C)OC(=O)NCC(=O)NC(CC(=O)O)c1cc(I)cc(I)c1O. The molecule has 0 aromatic heterocycles. The Morgan fingerprint density at radius 3 is 2.38 bits per heavy atom. The Balaban J connectivity index is 2.84. The Kier molecular flexibility index (Phi) is 8.37. The topological polar surface area (TPSA) is 125 Å². The number of hydrogen-bond acceptors (Lipinski definition) is 5. The highest BCUT2D eigenvalue weighted by Gasteiger charge is 2.23. The molecule has 0 spiro atoms. The van der Waals surface area contributed by atoms with Gasteiger partial charge in [0.25, 0.3) is 0 Å². The predicted octanol–water partition coefficient (Wildman–Crippen LogP) is 2.76. The molecule has 0 aliphatic heterocycles. The minimum atomic E-state index is -1.14. The van der Waals surface area contributed by atoms with Gasteiger partial charge in [-0.15, -0.1) is 0 Å². The minimum absolute atomic E-state index is 0.0855. The van der Waals surface area contributed by atoms with Crippen LogP contribution in [-0.4, -0.2) is 40.3 Å². The van der Waals surface area contributed by atoms with Gasteiger partial charge in [0.2, 0.25) is 5.91 Å². The van der Waals surface area contributed by atoms with Crippen molar-refractivity contribution in [3.63, 3.8) is 0 Å². The lowest BCUT2D eigenvalue weighted by molar-refractivity contribution is -0.137. The lowest BCUT2D eigenvalue weighted by Gasteiger charge is -2.21. The van der Waals surface area contributed by atoms with Gasteiger partial charge in [-0.2, -0.15) is 0 Å². The number of carbonyl (C=O) groups excluding carboxylic acids is 2. The summed E-state index contributed by atoms with van der Waals surface area (Å²) in [6, 6.07) is 2.39. The Morgan fingerprint density at radius 1 is 1.23 bits per heavy atom. The number of benzene rings is 1. The number of amides is 2. The zero-order valence-corrected chi connectivity index (χ0v) is 18.7. The molecule has 0 aliphatic rings. The van der Waals surface area contributed by atoms with Crippen LogP contribution < -0.4 is 10.6 Å². The van der Waals surface area contributed by atoms with Gasteiger partial charge in [0.05, 0.1) is 16.0 Å². The summed E-state index contributed by atoms with van der Waals surface area (Å²) in [6.07, 6.45) is -1.17. The van der Waals surface area contributed by atoms with E-state index in [0.29, 0.717) is 9.13 Å². The van der Waals surface area contributed by atoms with Crippen LogP contribution in [0.15, 0.2) is 12.1 Å². The molecule has 0 aliphatic carbocycles. The first kappa shape index (κ1) is 22.7. The van der Waals surface area contributed by atoms with E-state index in [9.17, 15) is 19.5 Å². The third-order valence-corrected chi connectivity index (χ3v) is 4.38. The van der Waals surface area contributed by atoms with Gasteiger partial charge in [-0.1, -0.05) is 0 Å². The van der Waals surface area contributed by atoms with Crippen LogP contribution >= 0.6 is 45.2 Å². The standard InChI is InChI=1S/C16H20I2N2O6/c1-16(2,3)26-15(25)19-7-12(21)20-11(6-13(22)23)9-4-8(17)5-10(18)14(9)24/h4-5,11,24H,6-7H2,1-3H3,(H,19,25)(H,20,21)(H,22,23). The molecule has 144 valence electrons. The summed E-state index contributed by atoms with van der Waals surface area (Å²) in [5.41, 5.74) is -0.399. The number of hydrogen-bond donors (Lipinski definition) is 4. The van der Waals surface area contributed by atoms with E-state index < -0.39 is 36.0 Å². The summed E-state index contributed by atoms with van der Waals surface area (Å²) in [4.78, 5) is 34.8. The first-order chi connectivity index (χ1) is 11.9. The zero-order chi connectivity index (χ0) is 20.1. The highest BCUT2D eigenvalue weighted by molar-refractivity contribution is 14.1. The Labute approximate surface area is 178 Å². The lowest BCUT2D eigenvalue weighted by atomic mass is 10.0. The minimum Gasteiger partial charge on any atom is -0.506 e. The van der Waals surface area contributed by atoms with Gasteiger partial charge < -0.3 is 25.6 Å². The lowest BCUT2D eigenvalue weighted by Crippen LogP contribution is -2.41. The van der Waals surface area contributed by atoms with E-state index in [0.717, 1.165) is 3.57 Å². The van der Waals surface area contributed by atoms with Gasteiger partial charge in [0.1, 0.15) is 17.9 Å². The molecule has 10 heteroatoms. The number of nitrogens with one attached hydrogen (secondary N) is 2. The van der Waals surface area contributed by atoms with Crippen LogP contribution in [0.2, 0.25) is 0 Å². The van der Waals surface area contributed by atoms with Crippen LogP contribution in [0.3, 0.4) is 0 Å². The normalized spacial score (nSPS) is 12.2. The Bertz CT molecular complexity index is 703. The summed E-state index contributed by atoms with van der Waals surface area (Å²) < 4.78 is 6.36. The summed E-state index contributed by atoms with van der Waals surface area (Å²) in [5.74, 6) is -1.82. The van der Waals surface area contributed by atoms with Crippen LogP contribution in [-0.2, 0) is 14.3 Å². The molecule has 0 bridgehead atoms. The fraction of sp³-hybridized carbons (Fsp3) is 0.438. The molecule has 1 unspecified atom stereocenters. The number of alkyl carbamates (subject to hydrolysis) is 1. The molecule has 1 rings (SSSR count). The van der Waals surface area contributed by atoms with Crippen LogP contribution in [0, 0.1) is 7.14 Å². The number of phenolic OH excluding ortho intramolecular Hbond substituents is 1. The third-order valence-electron chi connectivity index (χ3n) is 2.94. The van der Waals surface area contributed by atoms with E-state index in [2.05, 4.69) is 10.6 Å². The third kappa shape index (κ3) is 7.93. The Morgan fingerprint density at radius 2 is 1.85 bits per heavy atom. The van der Waals surface area contributed by atoms with Crippen molar-refractivity contribution in [2.45, 2.75) is 38.8 Å². The van der Waals surface area contributed by atoms with E-state index >= 15 is 0 Å². The van der Waals surface area contributed by atoms with Crippen LogP contribution in [0.25, 0.3) is 0 Å². The molecule has 0 fully saturated rings. The van der Waals surface area contributed by atoms with E-state index in [-0.39, 0.29) is 12.3 Å². The van der Waals surface area contributed by atoms with Crippen molar-refractivity contribution in [2.24, 2.45) is 0 Å². The van der Waals surface area contributed by atoms with Crippen molar-refractivity contribution in [1.82, 2.24) is 10.6 Å². The molecule has 0 radical (unpaired) electrons. The van der Waals surface area contributed by atoms with Crippen LogP contribution in [0.1, 0.15) is 38.8 Å². The van der Waals surface area contributed by atoms with Crippen molar-refractivity contribution < 1.29 is 29.3 Å². The van der Waals surface area contributed by atoms with Crippen molar-refractivity contribution in [1.29, 1.82) is 0 Å². The summed E-state index contributed by atoms with van der Waals surface area (Å²) in [5, 5.41) is 24.1. The molecule has 0 saturated carbocycles. The molecule has 1 atom stereocenters. The largest absolute Gasteiger partial charge is 0.506 e. The number of carboxylic acid groups (broad SMARTS) is 1. The van der Waals surface area contributed by atoms with Crippen molar-refractivity contribution >= 4 is 63.2 Å². The van der Waals surface area contributed by atoms with E-state index in [1.807, 2.05) is 45.2 Å². The maximum Gasteiger partial charge on any atom is 0.408 e. The fourth-order valence-corrected chi connectivity index (χ4v) is 3.87. The van der Waals surface area contributed by atoms with Crippen molar-refractivity contribution in [3.05, 3.63) is 24.8 Å². The highest BCUT2D eigenvalue weighted by atomic mass is 127. The second-order valence-electron chi connectivity index (χ2n) is 6.40. The molecule has 4 N–H and O–H groups in total. The van der Waals surface area contributed by atoms with Crippen molar-refractivity contribution in [3.8, 4) is 5.75 Å². The van der Waals surface area contributed by atoms with Gasteiger partial charge >= 0.3 is 12.1 Å². The van der Waals surface area contributed by atoms with E-state index in [1.54, 1.807) is 32.9 Å². The molecule has 0 saturated heterocycles. The van der Waals surface area contributed by atoms with Gasteiger partial charge in [0, 0.05) is 9.13 Å². The number of carbonyl (C=O) groups is 3. The van der Waals surface area contributed by atoms with Gasteiger partial charge in [-0.25, -0.2) is 4.79 Å². The maximum atomic E-state index is 12.1. The molecular formula is C16H20I2N2O6. The molecule has 0 heterocycles. The Hall–Kier alpha value is -1.31. The number of halogens is 2. The summed E-state index contributed by atoms with van der Waals surface area (Å²) >= 11 is 3.96. The molecule has 1 aromatic rings. The quantitative estimate of drug-likeness (QED) is 0.378. The van der Waals surface area contributed by atoms with Gasteiger partial charge in [0.15, 0.2) is 0 Å². The fourth-order valence-electron chi connectivity index (χ4n) is 1.98. The molecule has 1 aromatic carbocycles. The zero-order valence-electron chi connectivity index (χ0n) is 14.4. The molecule has 26 heavy (non-hydrogen) atoms. The average molecular weight is 590 g/mol. The number of rotatable bonds is 6. The molecule has 8 nitrogen and oxygen atoms in total. The van der Waals surface area contributed by atoms with Gasteiger partial charge in [-0.3, -0.25) is 9.59 Å². The molecule has 2 amide bonds. The number of carboxylic acids is 1. The second-order valence-corrected chi connectivity index (χ2v) is 8.81. The average Bonchev–Trinajstić information content (AvgIpc) is 2.46. The summed E-state index contributed by atoms with van der Waals surface area (Å²) in [6.45, 7) is 4.69. The molecular weight excluding hydrogens is 570 g/mol. The summed E-state index contributed by atoms with van der Waals surface area (Å²) in [7, 11) is 0. The first-order valence-electron chi connectivity index (χ1n) is 7.55. The monoisotopic (exact) mass is 590 g/mol. The predicted molar refractivity (Wildman–Crippen MR) is 111 cm³/mol. The van der Waals surface area contributed by atoms with E-state index in [1.165, 1.54) is 0 Å². The van der Waals surface area contributed by atoms with E-state index in [4.69, 9.17) is 9.84 Å².